The molecule has 18 heavy (non-hydrogen) atoms. The lowest BCUT2D eigenvalue weighted by molar-refractivity contribution is 0.0110. The normalized spacial score (nSPS) is 19.3. The van der Waals surface area contributed by atoms with E-state index in [0.717, 1.165) is 18.5 Å². The number of aliphatic hydroxyl groups excluding tert-OH is 1. The van der Waals surface area contributed by atoms with E-state index in [9.17, 15) is 5.11 Å². The highest BCUT2D eigenvalue weighted by molar-refractivity contribution is 5.01. The van der Waals surface area contributed by atoms with Gasteiger partial charge >= 0.3 is 0 Å². The smallest absolute Gasteiger partial charge is 0.0762 e. The van der Waals surface area contributed by atoms with Crippen LogP contribution in [0.4, 0.5) is 0 Å². The monoisotopic (exact) mass is 253 g/mol. The molecule has 1 aliphatic rings. The van der Waals surface area contributed by atoms with Crippen LogP contribution in [0.25, 0.3) is 0 Å². The first-order valence-corrected chi connectivity index (χ1v) is 6.63. The van der Waals surface area contributed by atoms with Gasteiger partial charge in [-0.1, -0.05) is 0 Å². The fourth-order valence-electron chi connectivity index (χ4n) is 2.19. The average molecular weight is 253 g/mol. The predicted molar refractivity (Wildman–Crippen MR) is 69.3 cm³/mol. The molecule has 0 amide bonds. The summed E-state index contributed by atoms with van der Waals surface area (Å²) in [7, 11) is 0. The Hall–Kier alpha value is -0.910. The molecule has 5 nitrogen and oxygen atoms in total. The van der Waals surface area contributed by atoms with Crippen molar-refractivity contribution in [3.8, 4) is 0 Å². The molecular weight excluding hydrogens is 230 g/mol. The number of aliphatic hydroxyl groups is 1. The van der Waals surface area contributed by atoms with Gasteiger partial charge < -0.3 is 15.2 Å². The van der Waals surface area contributed by atoms with Crippen LogP contribution in [0.15, 0.2) is 12.3 Å². The second-order valence-electron chi connectivity index (χ2n) is 5.29. The van der Waals surface area contributed by atoms with Crippen molar-refractivity contribution in [2.75, 3.05) is 19.8 Å². The molecule has 1 aromatic rings. The van der Waals surface area contributed by atoms with Crippen molar-refractivity contribution in [3.63, 3.8) is 0 Å². The summed E-state index contributed by atoms with van der Waals surface area (Å²) in [5, 5.41) is 17.5. The molecule has 1 fully saturated rings. The minimum atomic E-state index is -0.195. The summed E-state index contributed by atoms with van der Waals surface area (Å²) >= 11 is 0. The van der Waals surface area contributed by atoms with E-state index < -0.39 is 0 Å². The summed E-state index contributed by atoms with van der Waals surface area (Å²) in [5.74, 6) is 0. The number of hydrogen-bond donors (Lipinski definition) is 2. The van der Waals surface area contributed by atoms with E-state index in [0.29, 0.717) is 25.8 Å². The Labute approximate surface area is 108 Å². The number of ether oxygens (including phenoxy) is 1. The summed E-state index contributed by atoms with van der Waals surface area (Å²) in [5.41, 5.74) is 0.822. The van der Waals surface area contributed by atoms with E-state index in [-0.39, 0.29) is 12.1 Å². The molecule has 0 atom stereocenters. The lowest BCUT2D eigenvalue weighted by atomic mass is 9.91. The molecule has 2 rings (SSSR count). The third kappa shape index (κ3) is 3.10. The van der Waals surface area contributed by atoms with Gasteiger partial charge in [-0.25, -0.2) is 0 Å². The molecular formula is C13H23N3O2. The van der Waals surface area contributed by atoms with Gasteiger partial charge in [0, 0.05) is 37.5 Å². The van der Waals surface area contributed by atoms with Crippen LogP contribution in [0, 0.1) is 0 Å². The average Bonchev–Trinajstić information content (AvgIpc) is 2.87. The highest BCUT2D eigenvalue weighted by Gasteiger charge is 2.31. The molecule has 1 saturated heterocycles. The molecule has 1 aromatic heterocycles. The largest absolute Gasteiger partial charge is 0.394 e. The molecule has 0 unspecified atom stereocenters. The van der Waals surface area contributed by atoms with Gasteiger partial charge in [0.2, 0.25) is 0 Å². The summed E-state index contributed by atoms with van der Waals surface area (Å²) < 4.78 is 7.29. The molecule has 0 radical (unpaired) electrons. The number of hydrogen-bond acceptors (Lipinski definition) is 4. The van der Waals surface area contributed by atoms with Crippen molar-refractivity contribution in [1.82, 2.24) is 15.1 Å². The number of rotatable bonds is 5. The second kappa shape index (κ2) is 5.82. The van der Waals surface area contributed by atoms with E-state index in [1.165, 1.54) is 0 Å². The van der Waals surface area contributed by atoms with Crippen molar-refractivity contribution in [3.05, 3.63) is 18.0 Å². The van der Waals surface area contributed by atoms with Crippen LogP contribution in [0.1, 0.15) is 38.4 Å². The van der Waals surface area contributed by atoms with E-state index >= 15 is 0 Å². The number of aromatic nitrogens is 2. The van der Waals surface area contributed by atoms with Gasteiger partial charge in [0.15, 0.2) is 0 Å². The summed E-state index contributed by atoms with van der Waals surface area (Å²) in [6.45, 7) is 6.50. The van der Waals surface area contributed by atoms with E-state index in [2.05, 4.69) is 24.3 Å². The van der Waals surface area contributed by atoms with E-state index in [4.69, 9.17) is 4.74 Å². The van der Waals surface area contributed by atoms with Gasteiger partial charge in [-0.15, -0.1) is 0 Å². The van der Waals surface area contributed by atoms with Crippen LogP contribution in [0.5, 0.6) is 0 Å². The molecule has 0 aliphatic carbocycles. The van der Waals surface area contributed by atoms with Crippen molar-refractivity contribution in [2.24, 2.45) is 0 Å². The predicted octanol–water partition coefficient (Wildman–Crippen LogP) is 1.10. The molecule has 0 saturated carbocycles. The van der Waals surface area contributed by atoms with Crippen LogP contribution < -0.4 is 5.32 Å². The summed E-state index contributed by atoms with van der Waals surface area (Å²) in [6.07, 6.45) is 3.71. The van der Waals surface area contributed by atoms with Crippen LogP contribution in [0.2, 0.25) is 0 Å². The third-order valence-corrected chi connectivity index (χ3v) is 3.59. The van der Waals surface area contributed by atoms with Gasteiger partial charge in [-0.05, 0) is 32.8 Å². The molecule has 0 spiro atoms. The third-order valence-electron chi connectivity index (χ3n) is 3.59. The van der Waals surface area contributed by atoms with Crippen molar-refractivity contribution < 1.29 is 9.84 Å². The number of nitrogens with one attached hydrogen (secondary N) is 1. The quantitative estimate of drug-likeness (QED) is 0.825. The standard InChI is InChI=1S/C13H23N3O2/c1-11(2)16-6-3-12(15-16)9-14-13(10-17)4-7-18-8-5-13/h3,6,11,14,17H,4-5,7-10H2,1-2H3. The van der Waals surface area contributed by atoms with Gasteiger partial charge in [0.25, 0.3) is 0 Å². The lowest BCUT2D eigenvalue weighted by Gasteiger charge is -2.36. The SMILES string of the molecule is CC(C)n1ccc(CNC2(CO)CCOCC2)n1. The first-order chi connectivity index (χ1) is 8.65. The Morgan fingerprint density at radius 2 is 2.22 bits per heavy atom. The van der Waals surface area contributed by atoms with Crippen LogP contribution in [-0.4, -0.2) is 40.2 Å². The first kappa shape index (κ1) is 13.5. The van der Waals surface area contributed by atoms with Crippen molar-refractivity contribution in [1.29, 1.82) is 0 Å². The maximum Gasteiger partial charge on any atom is 0.0762 e. The fraction of sp³-hybridized carbons (Fsp3) is 0.769. The molecule has 2 N–H and O–H groups in total. The van der Waals surface area contributed by atoms with Crippen LogP contribution >= 0.6 is 0 Å². The minimum absolute atomic E-state index is 0.154. The van der Waals surface area contributed by atoms with E-state index in [1.54, 1.807) is 0 Å². The zero-order valence-electron chi connectivity index (χ0n) is 11.2. The fourth-order valence-corrected chi connectivity index (χ4v) is 2.19. The highest BCUT2D eigenvalue weighted by atomic mass is 16.5. The molecule has 1 aliphatic heterocycles. The highest BCUT2D eigenvalue weighted by Crippen LogP contribution is 2.20. The zero-order chi connectivity index (χ0) is 13.0. The van der Waals surface area contributed by atoms with Crippen molar-refractivity contribution >= 4 is 0 Å². The molecule has 0 aromatic carbocycles. The first-order valence-electron chi connectivity index (χ1n) is 6.63. The van der Waals surface area contributed by atoms with Crippen LogP contribution in [0.3, 0.4) is 0 Å². The summed E-state index contributed by atoms with van der Waals surface area (Å²) in [6, 6.07) is 2.41. The Kier molecular flexibility index (Phi) is 4.37. The zero-order valence-corrected chi connectivity index (χ0v) is 11.2. The maximum absolute atomic E-state index is 9.57. The summed E-state index contributed by atoms with van der Waals surface area (Å²) in [4.78, 5) is 0. The molecule has 2 heterocycles. The maximum atomic E-state index is 9.57. The number of nitrogens with zero attached hydrogens (tertiary/aromatic N) is 2. The Bertz CT molecular complexity index is 370. The van der Waals surface area contributed by atoms with Crippen LogP contribution in [-0.2, 0) is 11.3 Å². The van der Waals surface area contributed by atoms with E-state index in [1.807, 2.05) is 16.9 Å². The molecule has 102 valence electrons. The Balaban J connectivity index is 1.92. The minimum Gasteiger partial charge on any atom is -0.394 e. The molecule has 0 bridgehead atoms. The Morgan fingerprint density at radius 1 is 1.50 bits per heavy atom. The van der Waals surface area contributed by atoms with Crippen molar-refractivity contribution in [2.45, 2.75) is 44.8 Å². The van der Waals surface area contributed by atoms with Gasteiger partial charge in [0.1, 0.15) is 0 Å². The Morgan fingerprint density at radius 3 is 2.78 bits per heavy atom. The lowest BCUT2D eigenvalue weighted by Crippen LogP contribution is -2.51. The van der Waals surface area contributed by atoms with Gasteiger partial charge in [-0.3, -0.25) is 4.68 Å². The topological polar surface area (TPSA) is 59.3 Å². The van der Waals surface area contributed by atoms with Gasteiger partial charge in [-0.2, -0.15) is 5.10 Å². The second-order valence-corrected chi connectivity index (χ2v) is 5.29. The van der Waals surface area contributed by atoms with Gasteiger partial charge in [0.05, 0.1) is 12.3 Å². The molecule has 5 heteroatoms.